The number of alkyl carbamates (subject to hydrolysis) is 1. The first-order valence-corrected chi connectivity index (χ1v) is 10.8. The second-order valence-electron chi connectivity index (χ2n) is 8.92. The van der Waals surface area contributed by atoms with Crippen molar-refractivity contribution in [3.63, 3.8) is 0 Å². The molecule has 2 aromatic rings. The normalized spacial score (nSPS) is 18.7. The zero-order valence-electron chi connectivity index (χ0n) is 19.1. The van der Waals surface area contributed by atoms with Crippen molar-refractivity contribution in [3.05, 3.63) is 47.9 Å². The number of aromatic nitrogens is 2. The second-order valence-corrected chi connectivity index (χ2v) is 8.92. The van der Waals surface area contributed by atoms with Gasteiger partial charge in [-0.25, -0.2) is 19.6 Å². The lowest BCUT2D eigenvalue weighted by atomic mass is 9.79. The van der Waals surface area contributed by atoms with Crippen molar-refractivity contribution in [3.8, 4) is 0 Å². The summed E-state index contributed by atoms with van der Waals surface area (Å²) in [5.41, 5.74) is 1.18. The Morgan fingerprint density at radius 2 is 2.00 bits per heavy atom. The molecule has 0 atom stereocenters. The molecular weight excluding hydrogens is 410 g/mol. The van der Waals surface area contributed by atoms with E-state index in [1.165, 1.54) is 13.2 Å². The molecule has 2 aromatic heterocycles. The van der Waals surface area contributed by atoms with Gasteiger partial charge < -0.3 is 14.2 Å². The molecule has 0 spiro atoms. The van der Waals surface area contributed by atoms with Crippen molar-refractivity contribution in [2.45, 2.75) is 58.2 Å². The molecule has 0 aliphatic heterocycles. The lowest BCUT2D eigenvalue weighted by molar-refractivity contribution is -0.136. The number of pyridine rings is 2. The number of carbonyl (C=O) groups excluding carboxylic acids is 2. The highest BCUT2D eigenvalue weighted by Gasteiger charge is 2.29. The molecule has 0 bridgehead atoms. The van der Waals surface area contributed by atoms with E-state index in [1.807, 2.05) is 12.1 Å². The van der Waals surface area contributed by atoms with E-state index in [4.69, 9.17) is 14.2 Å². The van der Waals surface area contributed by atoms with Gasteiger partial charge in [0, 0.05) is 17.3 Å². The van der Waals surface area contributed by atoms with Gasteiger partial charge in [0.2, 0.25) is 0 Å². The van der Waals surface area contributed by atoms with Crippen molar-refractivity contribution in [1.29, 1.82) is 0 Å². The maximum absolute atomic E-state index is 11.9. The van der Waals surface area contributed by atoms with E-state index < -0.39 is 17.7 Å². The van der Waals surface area contributed by atoms with Gasteiger partial charge in [0.15, 0.2) is 5.65 Å². The fraction of sp³-hybridized carbons (Fsp3) is 0.500. The Balaban J connectivity index is 1.40. The van der Waals surface area contributed by atoms with Gasteiger partial charge in [0.05, 0.1) is 19.8 Å². The Labute approximate surface area is 188 Å². The molecule has 172 valence electrons. The summed E-state index contributed by atoms with van der Waals surface area (Å²) < 4.78 is 15.7. The third-order valence-corrected chi connectivity index (χ3v) is 5.18. The van der Waals surface area contributed by atoms with Gasteiger partial charge >= 0.3 is 12.1 Å². The lowest BCUT2D eigenvalue weighted by Crippen LogP contribution is -2.35. The fourth-order valence-electron chi connectivity index (χ4n) is 3.51. The van der Waals surface area contributed by atoms with Crippen LogP contribution in [0.2, 0.25) is 0 Å². The summed E-state index contributed by atoms with van der Waals surface area (Å²) in [4.78, 5) is 32.8. The number of nitrogens with one attached hydrogen (secondary N) is 1. The molecule has 1 aliphatic carbocycles. The number of hydrogen-bond donors (Lipinski definition) is 1. The molecule has 0 aromatic carbocycles. The van der Waals surface area contributed by atoms with Gasteiger partial charge in [-0.2, -0.15) is 0 Å². The fourth-order valence-corrected chi connectivity index (χ4v) is 3.51. The minimum absolute atomic E-state index is 0.00797. The van der Waals surface area contributed by atoms with Crippen LogP contribution >= 0.6 is 0 Å². The van der Waals surface area contributed by atoms with Crippen molar-refractivity contribution in [2.75, 3.05) is 13.7 Å². The highest BCUT2D eigenvalue weighted by molar-refractivity contribution is 5.92. The molecule has 1 aliphatic rings. The first-order valence-electron chi connectivity index (χ1n) is 10.8. The molecule has 1 fully saturated rings. The summed E-state index contributed by atoms with van der Waals surface area (Å²) in [5, 5.41) is 3.48. The number of aryl methyl sites for hydroxylation is 1. The van der Waals surface area contributed by atoms with Crippen LogP contribution in [0.25, 0.3) is 11.0 Å². The van der Waals surface area contributed by atoms with E-state index in [9.17, 15) is 9.59 Å². The van der Waals surface area contributed by atoms with Crippen LogP contribution in [0.1, 0.15) is 45.7 Å². The Morgan fingerprint density at radius 3 is 2.72 bits per heavy atom. The summed E-state index contributed by atoms with van der Waals surface area (Å²) in [7, 11) is 1.25. The molecule has 0 saturated heterocycles. The Bertz CT molecular complexity index is 977. The highest BCUT2D eigenvalue weighted by atomic mass is 16.6. The van der Waals surface area contributed by atoms with Gasteiger partial charge in [-0.05, 0) is 82.7 Å². The van der Waals surface area contributed by atoms with Crippen LogP contribution in [0.5, 0.6) is 0 Å². The number of amides is 1. The number of nitrogens with zero attached hydrogens (tertiary/aromatic N) is 2. The van der Waals surface area contributed by atoms with Crippen molar-refractivity contribution >= 4 is 23.1 Å². The third-order valence-electron chi connectivity index (χ3n) is 5.18. The van der Waals surface area contributed by atoms with Crippen LogP contribution < -0.4 is 5.32 Å². The van der Waals surface area contributed by atoms with Gasteiger partial charge in [-0.15, -0.1) is 0 Å². The van der Waals surface area contributed by atoms with Gasteiger partial charge in [-0.1, -0.05) is 0 Å². The number of carbonyl (C=O) groups is 2. The zero-order chi connectivity index (χ0) is 23.1. The van der Waals surface area contributed by atoms with E-state index in [1.54, 1.807) is 27.0 Å². The largest absolute Gasteiger partial charge is 0.464 e. The minimum atomic E-state index is -0.713. The number of ether oxygens (including phenoxy) is 3. The molecule has 8 heteroatoms. The molecule has 8 nitrogen and oxygen atoms in total. The average molecular weight is 442 g/mol. The zero-order valence-corrected chi connectivity index (χ0v) is 19.1. The van der Waals surface area contributed by atoms with E-state index in [-0.39, 0.29) is 18.4 Å². The predicted molar refractivity (Wildman–Crippen MR) is 120 cm³/mol. The second kappa shape index (κ2) is 10.5. The van der Waals surface area contributed by atoms with Crippen LogP contribution in [0.4, 0.5) is 4.79 Å². The van der Waals surface area contributed by atoms with E-state index >= 15 is 0 Å². The van der Waals surface area contributed by atoms with Crippen molar-refractivity contribution in [1.82, 2.24) is 15.3 Å². The average Bonchev–Trinajstić information content (AvgIpc) is 2.71. The number of hydrogen-bond acceptors (Lipinski definition) is 7. The summed E-state index contributed by atoms with van der Waals surface area (Å²) in [6, 6.07) is 8.05. The molecule has 2 heterocycles. The smallest absolute Gasteiger partial charge is 0.412 e. The van der Waals surface area contributed by atoms with Crippen LogP contribution in [0.15, 0.2) is 42.2 Å². The van der Waals surface area contributed by atoms with E-state index in [0.29, 0.717) is 5.92 Å². The molecule has 1 amide bonds. The highest BCUT2D eigenvalue weighted by Crippen LogP contribution is 2.33. The SMILES string of the molecule is COC(=O)C(=CCOC1CC(CCc2ccc3cccnc3n2)C1)NC(=O)OC(C)(C)C. The maximum atomic E-state index is 11.9. The van der Waals surface area contributed by atoms with Gasteiger partial charge in [0.1, 0.15) is 11.3 Å². The topological polar surface area (TPSA) is 99.6 Å². The van der Waals surface area contributed by atoms with Gasteiger partial charge in [0.25, 0.3) is 0 Å². The molecule has 1 saturated carbocycles. The third kappa shape index (κ3) is 7.02. The maximum Gasteiger partial charge on any atom is 0.412 e. The molecule has 0 radical (unpaired) electrons. The molecule has 32 heavy (non-hydrogen) atoms. The molecule has 1 N–H and O–H groups in total. The standard InChI is InChI=1S/C24H31N3O5/c1-24(2,3)32-23(29)27-20(22(28)30-4)11-13-31-19-14-16(15-19)7-9-18-10-8-17-6-5-12-25-21(17)26-18/h5-6,8,10-12,16,19H,7,9,13-15H2,1-4H3,(H,27,29). The monoisotopic (exact) mass is 441 g/mol. The number of fused-ring (bicyclic) bond motifs is 1. The predicted octanol–water partition coefficient (Wildman–Crippen LogP) is 3.94. The minimum Gasteiger partial charge on any atom is -0.464 e. The number of methoxy groups -OCH3 is 1. The van der Waals surface area contributed by atoms with Crippen LogP contribution in [0.3, 0.4) is 0 Å². The summed E-state index contributed by atoms with van der Waals surface area (Å²) in [6.07, 6.45) is 6.59. The Kier molecular flexibility index (Phi) is 7.80. The quantitative estimate of drug-likeness (QED) is 0.489. The van der Waals surface area contributed by atoms with Crippen molar-refractivity contribution in [2.24, 2.45) is 5.92 Å². The van der Waals surface area contributed by atoms with E-state index in [2.05, 4.69) is 27.4 Å². The summed E-state index contributed by atoms with van der Waals surface area (Å²) in [5.74, 6) is -0.0616. The number of rotatable bonds is 8. The molecule has 0 unspecified atom stereocenters. The van der Waals surface area contributed by atoms with Crippen molar-refractivity contribution < 1.29 is 23.8 Å². The lowest BCUT2D eigenvalue weighted by Gasteiger charge is -2.35. The van der Waals surface area contributed by atoms with E-state index in [0.717, 1.165) is 42.4 Å². The molecule has 3 rings (SSSR count). The van der Waals surface area contributed by atoms with Gasteiger partial charge in [-0.3, -0.25) is 5.32 Å². The first kappa shape index (κ1) is 23.7. The summed E-state index contributed by atoms with van der Waals surface area (Å²) in [6.45, 7) is 5.45. The molecular formula is C24H31N3O5. The van der Waals surface area contributed by atoms with Crippen LogP contribution in [0, 0.1) is 5.92 Å². The Morgan fingerprint density at radius 1 is 1.22 bits per heavy atom. The summed E-state index contributed by atoms with van der Waals surface area (Å²) >= 11 is 0. The Hall–Kier alpha value is -3.00. The first-order chi connectivity index (χ1) is 15.2. The van der Waals surface area contributed by atoms with Crippen LogP contribution in [-0.2, 0) is 25.4 Å². The number of esters is 1. The van der Waals surface area contributed by atoms with Crippen LogP contribution in [-0.4, -0.2) is 47.5 Å².